The van der Waals surface area contributed by atoms with Gasteiger partial charge in [-0.2, -0.15) is 0 Å². The first kappa shape index (κ1) is 13.2. The average Bonchev–Trinajstić information content (AvgIpc) is 2.41. The number of hydrogen-bond donors (Lipinski definition) is 1. The third-order valence-corrected chi connectivity index (χ3v) is 3.30. The summed E-state index contributed by atoms with van der Waals surface area (Å²) in [7, 11) is 1.27. The number of aliphatic hydroxyl groups excluding tert-OH is 1. The molecule has 0 bridgehead atoms. The van der Waals surface area contributed by atoms with Crippen LogP contribution in [0.1, 0.15) is 24.5 Å². The molecule has 0 aliphatic carbocycles. The molecule has 0 saturated carbocycles. The molecule has 1 aliphatic heterocycles. The number of methoxy groups -OCH3 is 1. The molecule has 1 heterocycles. The predicted octanol–water partition coefficient (Wildman–Crippen LogP) is 2.43. The van der Waals surface area contributed by atoms with Gasteiger partial charge in [-0.3, -0.25) is 0 Å². The van der Waals surface area contributed by atoms with Gasteiger partial charge < -0.3 is 14.6 Å². The smallest absolute Gasteiger partial charge is 0.165 e. The number of aliphatic hydroxyl groups is 1. The Labute approximate surface area is 104 Å². The van der Waals surface area contributed by atoms with Crippen molar-refractivity contribution >= 4 is 0 Å². The maximum Gasteiger partial charge on any atom is 0.165 e. The van der Waals surface area contributed by atoms with Crippen LogP contribution < -0.4 is 4.74 Å². The second-order valence-electron chi connectivity index (χ2n) is 4.40. The predicted molar refractivity (Wildman–Crippen MR) is 61.4 cm³/mol. The van der Waals surface area contributed by atoms with Crippen molar-refractivity contribution < 1.29 is 23.4 Å². The molecule has 0 radical (unpaired) electrons. The van der Waals surface area contributed by atoms with Gasteiger partial charge in [0.1, 0.15) is 5.82 Å². The SMILES string of the molecule is COc1cc(F)c(C(O)C2CCOCC2)cc1F. The van der Waals surface area contributed by atoms with E-state index in [4.69, 9.17) is 4.74 Å². The molecule has 100 valence electrons. The Morgan fingerprint density at radius 3 is 2.56 bits per heavy atom. The second-order valence-corrected chi connectivity index (χ2v) is 4.40. The van der Waals surface area contributed by atoms with Crippen molar-refractivity contribution in [3.8, 4) is 5.75 Å². The lowest BCUT2D eigenvalue weighted by Crippen LogP contribution is -2.22. The maximum absolute atomic E-state index is 13.8. The van der Waals surface area contributed by atoms with Crippen molar-refractivity contribution in [2.45, 2.75) is 18.9 Å². The van der Waals surface area contributed by atoms with Crippen molar-refractivity contribution in [2.24, 2.45) is 5.92 Å². The Hall–Kier alpha value is -1.20. The first-order valence-corrected chi connectivity index (χ1v) is 5.92. The topological polar surface area (TPSA) is 38.7 Å². The highest BCUT2D eigenvalue weighted by Gasteiger charge is 2.26. The molecule has 1 unspecified atom stereocenters. The third kappa shape index (κ3) is 2.62. The summed E-state index contributed by atoms with van der Waals surface area (Å²) in [5.41, 5.74) is -0.0137. The molecule has 1 saturated heterocycles. The van der Waals surface area contributed by atoms with E-state index in [0.717, 1.165) is 12.1 Å². The Bertz CT molecular complexity index is 417. The fraction of sp³-hybridized carbons (Fsp3) is 0.538. The summed E-state index contributed by atoms with van der Waals surface area (Å²) in [6.45, 7) is 1.09. The first-order chi connectivity index (χ1) is 8.63. The maximum atomic E-state index is 13.8. The zero-order valence-corrected chi connectivity index (χ0v) is 10.2. The van der Waals surface area contributed by atoms with Crippen LogP contribution in [-0.4, -0.2) is 25.4 Å². The van der Waals surface area contributed by atoms with Crippen LogP contribution in [0.3, 0.4) is 0 Å². The second kappa shape index (κ2) is 5.63. The van der Waals surface area contributed by atoms with Gasteiger partial charge in [0.25, 0.3) is 0 Å². The number of benzene rings is 1. The highest BCUT2D eigenvalue weighted by Crippen LogP contribution is 2.33. The van der Waals surface area contributed by atoms with E-state index in [1.807, 2.05) is 0 Å². The van der Waals surface area contributed by atoms with Crippen molar-refractivity contribution in [1.29, 1.82) is 0 Å². The van der Waals surface area contributed by atoms with E-state index in [1.54, 1.807) is 0 Å². The van der Waals surface area contributed by atoms with Crippen LogP contribution in [0.4, 0.5) is 8.78 Å². The van der Waals surface area contributed by atoms with Crippen molar-refractivity contribution in [2.75, 3.05) is 20.3 Å². The Morgan fingerprint density at radius 2 is 1.94 bits per heavy atom. The Morgan fingerprint density at radius 1 is 1.28 bits per heavy atom. The van der Waals surface area contributed by atoms with Gasteiger partial charge in [-0.1, -0.05) is 0 Å². The molecule has 18 heavy (non-hydrogen) atoms. The van der Waals surface area contributed by atoms with Crippen LogP contribution in [0.5, 0.6) is 5.75 Å². The highest BCUT2D eigenvalue weighted by molar-refractivity contribution is 5.32. The van der Waals surface area contributed by atoms with Crippen molar-refractivity contribution in [1.82, 2.24) is 0 Å². The molecule has 1 fully saturated rings. The molecule has 5 heteroatoms. The fourth-order valence-electron chi connectivity index (χ4n) is 2.21. The summed E-state index contributed by atoms with van der Waals surface area (Å²) in [6, 6.07) is 1.97. The van der Waals surface area contributed by atoms with Gasteiger partial charge in [-0.15, -0.1) is 0 Å². The summed E-state index contributed by atoms with van der Waals surface area (Å²) < 4.78 is 37.2. The van der Waals surface area contributed by atoms with E-state index in [1.165, 1.54) is 7.11 Å². The molecule has 0 spiro atoms. The molecular weight excluding hydrogens is 242 g/mol. The van der Waals surface area contributed by atoms with E-state index in [9.17, 15) is 13.9 Å². The van der Waals surface area contributed by atoms with Crippen LogP contribution in [0, 0.1) is 17.6 Å². The van der Waals surface area contributed by atoms with Gasteiger partial charge in [0.05, 0.1) is 13.2 Å². The molecule has 3 nitrogen and oxygen atoms in total. The van der Waals surface area contributed by atoms with E-state index in [2.05, 4.69) is 4.74 Å². The highest BCUT2D eigenvalue weighted by atomic mass is 19.1. The van der Waals surface area contributed by atoms with Gasteiger partial charge in [0.15, 0.2) is 11.6 Å². The zero-order valence-electron chi connectivity index (χ0n) is 10.2. The quantitative estimate of drug-likeness (QED) is 0.905. The van der Waals surface area contributed by atoms with Crippen molar-refractivity contribution in [3.63, 3.8) is 0 Å². The van der Waals surface area contributed by atoms with E-state index >= 15 is 0 Å². The summed E-state index contributed by atoms with van der Waals surface area (Å²) in [5.74, 6) is -1.57. The fourth-order valence-corrected chi connectivity index (χ4v) is 2.21. The van der Waals surface area contributed by atoms with Crippen LogP contribution >= 0.6 is 0 Å². The molecular formula is C13H16F2O3. The number of rotatable bonds is 3. The lowest BCUT2D eigenvalue weighted by molar-refractivity contribution is 0.00575. The molecule has 1 aromatic carbocycles. The van der Waals surface area contributed by atoms with E-state index in [-0.39, 0.29) is 17.2 Å². The molecule has 1 N–H and O–H groups in total. The molecule has 1 atom stereocenters. The van der Waals surface area contributed by atoms with Gasteiger partial charge >= 0.3 is 0 Å². The normalized spacial score (nSPS) is 18.7. The van der Waals surface area contributed by atoms with Crippen LogP contribution in [0.2, 0.25) is 0 Å². The van der Waals surface area contributed by atoms with E-state index < -0.39 is 17.7 Å². The largest absolute Gasteiger partial charge is 0.494 e. The van der Waals surface area contributed by atoms with Gasteiger partial charge in [-0.25, -0.2) is 8.78 Å². The minimum atomic E-state index is -1.01. The minimum Gasteiger partial charge on any atom is -0.494 e. The summed E-state index contributed by atoms with van der Waals surface area (Å²) in [5, 5.41) is 10.1. The monoisotopic (exact) mass is 258 g/mol. The van der Waals surface area contributed by atoms with Gasteiger partial charge in [-0.05, 0) is 24.8 Å². The number of ether oxygens (including phenoxy) is 2. The molecule has 0 amide bonds. The third-order valence-electron chi connectivity index (χ3n) is 3.30. The average molecular weight is 258 g/mol. The lowest BCUT2D eigenvalue weighted by atomic mass is 9.89. The Kier molecular flexibility index (Phi) is 4.14. The molecule has 2 rings (SSSR count). The molecule has 1 aliphatic rings. The zero-order chi connectivity index (χ0) is 13.1. The molecule has 1 aromatic rings. The van der Waals surface area contributed by atoms with Gasteiger partial charge in [0.2, 0.25) is 0 Å². The first-order valence-electron chi connectivity index (χ1n) is 5.92. The number of halogens is 2. The summed E-state index contributed by atoms with van der Waals surface area (Å²) in [6.07, 6.45) is 0.289. The number of hydrogen-bond acceptors (Lipinski definition) is 3. The van der Waals surface area contributed by atoms with Crippen LogP contribution in [0.15, 0.2) is 12.1 Å². The van der Waals surface area contributed by atoms with Crippen LogP contribution in [0.25, 0.3) is 0 Å². The molecule has 0 aromatic heterocycles. The van der Waals surface area contributed by atoms with Crippen LogP contribution in [-0.2, 0) is 4.74 Å². The minimum absolute atomic E-state index is 0.0137. The van der Waals surface area contributed by atoms with E-state index in [0.29, 0.717) is 26.1 Å². The lowest BCUT2D eigenvalue weighted by Gasteiger charge is -2.27. The van der Waals surface area contributed by atoms with Gasteiger partial charge in [0, 0.05) is 24.8 Å². The summed E-state index contributed by atoms with van der Waals surface area (Å²) >= 11 is 0. The van der Waals surface area contributed by atoms with Crippen molar-refractivity contribution in [3.05, 3.63) is 29.3 Å². The standard InChI is InChI=1S/C13H16F2O3/c1-17-12-7-10(14)9(6-11(12)15)13(16)8-2-4-18-5-3-8/h6-8,13,16H,2-5H2,1H3. The Balaban J connectivity index is 2.23. The summed E-state index contributed by atoms with van der Waals surface area (Å²) in [4.78, 5) is 0.